The lowest BCUT2D eigenvalue weighted by molar-refractivity contribution is -0.139. The van der Waals surface area contributed by atoms with E-state index in [0.29, 0.717) is 17.9 Å². The van der Waals surface area contributed by atoms with Crippen LogP contribution in [0.25, 0.3) is 0 Å². The quantitative estimate of drug-likeness (QED) is 0.513. The van der Waals surface area contributed by atoms with E-state index in [-0.39, 0.29) is 11.4 Å². The summed E-state index contributed by atoms with van der Waals surface area (Å²) in [7, 11) is 0. The molecule has 0 radical (unpaired) electrons. The number of rotatable bonds is 6. The van der Waals surface area contributed by atoms with Gasteiger partial charge in [-0.15, -0.1) is 0 Å². The third-order valence-corrected chi connectivity index (χ3v) is 3.43. The number of hydrogen-bond acceptors (Lipinski definition) is 2. The van der Waals surface area contributed by atoms with Gasteiger partial charge in [0.05, 0.1) is 0 Å². The van der Waals surface area contributed by atoms with Gasteiger partial charge in [0.25, 0.3) is 0 Å². The molecule has 0 spiro atoms. The third kappa shape index (κ3) is 7.19. The minimum atomic E-state index is -0.227. The molecule has 0 amide bonds. The molecule has 100 valence electrons. The Hall–Kier alpha value is -0.790. The molecule has 17 heavy (non-hydrogen) atoms. The lowest BCUT2D eigenvalue weighted by Crippen LogP contribution is -2.26. The van der Waals surface area contributed by atoms with Crippen LogP contribution in [-0.4, -0.2) is 12.6 Å². The standard InChI is InChI=1S/C15H28O2/c1-12(2)15(6,7)11-14(4,5)9-8-10-17-13(3)16/h8-9,12H,10-11H2,1-7H3. The molecular formula is C15H28O2. The van der Waals surface area contributed by atoms with Crippen LogP contribution in [0.3, 0.4) is 0 Å². The molecule has 0 aliphatic rings. The number of ether oxygens (including phenoxy) is 1. The highest BCUT2D eigenvalue weighted by Crippen LogP contribution is 2.39. The molecule has 0 aromatic carbocycles. The number of allylic oxidation sites excluding steroid dienone is 1. The number of hydrogen-bond donors (Lipinski definition) is 0. The van der Waals surface area contributed by atoms with Gasteiger partial charge in [0, 0.05) is 6.92 Å². The van der Waals surface area contributed by atoms with Crippen LogP contribution in [0.1, 0.15) is 54.9 Å². The van der Waals surface area contributed by atoms with Gasteiger partial charge in [-0.2, -0.15) is 0 Å². The van der Waals surface area contributed by atoms with Crippen LogP contribution in [0.4, 0.5) is 0 Å². The number of carbonyl (C=O) groups excluding carboxylic acids is 1. The topological polar surface area (TPSA) is 26.3 Å². The maximum Gasteiger partial charge on any atom is 0.302 e. The maximum atomic E-state index is 10.6. The van der Waals surface area contributed by atoms with Gasteiger partial charge < -0.3 is 4.74 Å². The van der Waals surface area contributed by atoms with Gasteiger partial charge in [-0.05, 0) is 23.2 Å². The van der Waals surface area contributed by atoms with Crippen molar-refractivity contribution in [3.05, 3.63) is 12.2 Å². The summed E-state index contributed by atoms with van der Waals surface area (Å²) in [6.45, 7) is 15.4. The fraction of sp³-hybridized carbons (Fsp3) is 0.800. The number of esters is 1. The average molecular weight is 240 g/mol. The van der Waals surface area contributed by atoms with E-state index in [9.17, 15) is 4.79 Å². The van der Waals surface area contributed by atoms with Crippen molar-refractivity contribution in [3.8, 4) is 0 Å². The first kappa shape index (κ1) is 16.2. The summed E-state index contributed by atoms with van der Waals surface area (Å²) in [5.41, 5.74) is 0.448. The Bertz CT molecular complexity index is 273. The molecule has 0 aromatic rings. The van der Waals surface area contributed by atoms with E-state index in [4.69, 9.17) is 4.74 Å². The second-order valence-electron chi connectivity index (χ2n) is 6.51. The Morgan fingerprint density at radius 1 is 1.24 bits per heavy atom. The molecule has 0 saturated carbocycles. The van der Waals surface area contributed by atoms with E-state index >= 15 is 0 Å². The highest BCUT2D eigenvalue weighted by Gasteiger charge is 2.29. The van der Waals surface area contributed by atoms with Crippen molar-refractivity contribution in [1.82, 2.24) is 0 Å². The molecular weight excluding hydrogens is 212 g/mol. The first-order chi connectivity index (χ1) is 7.57. The van der Waals surface area contributed by atoms with Crippen LogP contribution in [0.5, 0.6) is 0 Å². The second-order valence-corrected chi connectivity index (χ2v) is 6.51. The second kappa shape index (κ2) is 6.23. The first-order valence-corrected chi connectivity index (χ1v) is 6.38. The zero-order valence-electron chi connectivity index (χ0n) is 12.5. The van der Waals surface area contributed by atoms with Gasteiger partial charge in [0.15, 0.2) is 0 Å². The molecule has 0 heterocycles. The van der Waals surface area contributed by atoms with Gasteiger partial charge >= 0.3 is 5.97 Å². The fourth-order valence-electron chi connectivity index (χ4n) is 1.97. The van der Waals surface area contributed by atoms with Crippen LogP contribution in [0.15, 0.2) is 12.2 Å². The van der Waals surface area contributed by atoms with Crippen molar-refractivity contribution >= 4 is 5.97 Å². The molecule has 2 nitrogen and oxygen atoms in total. The van der Waals surface area contributed by atoms with Crippen LogP contribution < -0.4 is 0 Å². The molecule has 0 unspecified atom stereocenters. The van der Waals surface area contributed by atoms with Crippen molar-refractivity contribution in [1.29, 1.82) is 0 Å². The molecule has 0 aliphatic carbocycles. The lowest BCUT2D eigenvalue weighted by atomic mass is 9.69. The smallest absolute Gasteiger partial charge is 0.302 e. The third-order valence-electron chi connectivity index (χ3n) is 3.43. The van der Waals surface area contributed by atoms with Crippen molar-refractivity contribution in [2.75, 3.05) is 6.61 Å². The van der Waals surface area contributed by atoms with Gasteiger partial charge in [-0.3, -0.25) is 4.79 Å². The zero-order valence-corrected chi connectivity index (χ0v) is 12.5. The number of carbonyl (C=O) groups is 1. The van der Waals surface area contributed by atoms with Gasteiger partial charge in [0.2, 0.25) is 0 Å². The predicted molar refractivity (Wildman–Crippen MR) is 72.8 cm³/mol. The molecule has 2 heteroatoms. The van der Waals surface area contributed by atoms with E-state index in [0.717, 1.165) is 6.42 Å². The Morgan fingerprint density at radius 2 is 1.76 bits per heavy atom. The highest BCUT2D eigenvalue weighted by atomic mass is 16.5. The minimum Gasteiger partial charge on any atom is -0.462 e. The van der Waals surface area contributed by atoms with E-state index in [1.54, 1.807) is 0 Å². The summed E-state index contributed by atoms with van der Waals surface area (Å²) >= 11 is 0. The summed E-state index contributed by atoms with van der Waals surface area (Å²) in [6, 6.07) is 0. The lowest BCUT2D eigenvalue weighted by Gasteiger charge is -2.36. The molecule has 0 bridgehead atoms. The van der Waals surface area contributed by atoms with E-state index < -0.39 is 0 Å². The first-order valence-electron chi connectivity index (χ1n) is 6.38. The van der Waals surface area contributed by atoms with Gasteiger partial charge in [0.1, 0.15) is 6.61 Å². The van der Waals surface area contributed by atoms with Gasteiger partial charge in [-0.1, -0.05) is 53.7 Å². The monoisotopic (exact) mass is 240 g/mol. The molecule has 0 aliphatic heterocycles. The summed E-state index contributed by atoms with van der Waals surface area (Å²) in [4.78, 5) is 10.6. The van der Waals surface area contributed by atoms with E-state index in [1.807, 2.05) is 6.08 Å². The molecule has 0 rings (SSSR count). The van der Waals surface area contributed by atoms with Crippen LogP contribution in [0.2, 0.25) is 0 Å². The Kier molecular flexibility index (Phi) is 5.94. The predicted octanol–water partition coefficient (Wildman–Crippen LogP) is 4.20. The maximum absolute atomic E-state index is 10.6. The largest absolute Gasteiger partial charge is 0.462 e. The fourth-order valence-corrected chi connectivity index (χ4v) is 1.97. The summed E-state index contributed by atoms with van der Waals surface area (Å²) < 4.78 is 4.89. The van der Waals surface area contributed by atoms with Crippen LogP contribution >= 0.6 is 0 Å². The SMILES string of the molecule is CC(=O)OCC=CC(C)(C)CC(C)(C)C(C)C. The Labute approximate surface area is 106 Å². The normalized spacial score (nSPS) is 13.4. The molecule has 0 N–H and O–H groups in total. The molecule has 0 aromatic heterocycles. The Morgan fingerprint density at radius 3 is 2.18 bits per heavy atom. The highest BCUT2D eigenvalue weighted by molar-refractivity contribution is 5.65. The van der Waals surface area contributed by atoms with E-state index in [2.05, 4.69) is 47.6 Å². The average Bonchev–Trinajstić information content (AvgIpc) is 2.10. The van der Waals surface area contributed by atoms with Crippen LogP contribution in [0, 0.1) is 16.7 Å². The summed E-state index contributed by atoms with van der Waals surface area (Å²) in [5, 5.41) is 0. The van der Waals surface area contributed by atoms with Crippen molar-refractivity contribution in [2.24, 2.45) is 16.7 Å². The van der Waals surface area contributed by atoms with Gasteiger partial charge in [-0.25, -0.2) is 0 Å². The summed E-state index contributed by atoms with van der Waals surface area (Å²) in [6.07, 6.45) is 5.21. The van der Waals surface area contributed by atoms with Crippen molar-refractivity contribution < 1.29 is 9.53 Å². The summed E-state index contributed by atoms with van der Waals surface area (Å²) in [5.74, 6) is 0.429. The Balaban J connectivity index is 4.33. The molecule has 0 saturated heterocycles. The van der Waals surface area contributed by atoms with Crippen molar-refractivity contribution in [2.45, 2.75) is 54.9 Å². The zero-order chi connectivity index (χ0) is 13.7. The minimum absolute atomic E-state index is 0.133. The van der Waals surface area contributed by atoms with E-state index in [1.165, 1.54) is 6.92 Å². The molecule has 0 fully saturated rings. The van der Waals surface area contributed by atoms with Crippen molar-refractivity contribution in [3.63, 3.8) is 0 Å². The molecule has 0 atom stereocenters. The van der Waals surface area contributed by atoms with Crippen LogP contribution in [-0.2, 0) is 9.53 Å².